The van der Waals surface area contributed by atoms with Crippen LogP contribution in [0.1, 0.15) is 23.3 Å². The van der Waals surface area contributed by atoms with Crippen LogP contribution in [-0.4, -0.2) is 36.7 Å². The molecule has 0 radical (unpaired) electrons. The number of fused-ring (bicyclic) bond motifs is 3. The summed E-state index contributed by atoms with van der Waals surface area (Å²) in [7, 11) is -3.54. The molecule has 0 atom stereocenters. The first-order valence-corrected chi connectivity index (χ1v) is 12.8. The van der Waals surface area contributed by atoms with E-state index in [1.807, 2.05) is 31.2 Å². The number of benzene rings is 2. The predicted octanol–water partition coefficient (Wildman–Crippen LogP) is 4.05. The van der Waals surface area contributed by atoms with Crippen molar-refractivity contribution >= 4 is 32.4 Å². The van der Waals surface area contributed by atoms with Gasteiger partial charge in [-0.05, 0) is 44.0 Å². The van der Waals surface area contributed by atoms with E-state index in [-0.39, 0.29) is 11.8 Å². The quantitative estimate of drug-likeness (QED) is 0.623. The second-order valence-electron chi connectivity index (χ2n) is 8.06. The lowest BCUT2D eigenvalue weighted by Crippen LogP contribution is -2.41. The minimum Gasteiger partial charge on any atom is -0.487 e. The molecule has 1 fully saturated rings. The van der Waals surface area contributed by atoms with Crippen molar-refractivity contribution < 1.29 is 17.9 Å². The predicted molar refractivity (Wildman–Crippen MR) is 123 cm³/mol. The van der Waals surface area contributed by atoms with Crippen LogP contribution in [0.2, 0.25) is 0 Å². The van der Waals surface area contributed by atoms with Crippen LogP contribution in [0.25, 0.3) is 11.3 Å². The molecule has 5 rings (SSSR count). The Bertz CT molecular complexity index is 1260. The van der Waals surface area contributed by atoms with Crippen LogP contribution in [0, 0.1) is 12.8 Å². The number of rotatable bonds is 4. The van der Waals surface area contributed by atoms with E-state index in [9.17, 15) is 13.2 Å². The fourth-order valence-electron chi connectivity index (χ4n) is 4.07. The number of hydrogen-bond donors (Lipinski definition) is 1. The second-order valence-corrected chi connectivity index (χ2v) is 11.1. The normalized spacial score (nSPS) is 16.7. The maximum Gasteiger partial charge on any atom is 0.243 e. The van der Waals surface area contributed by atoms with E-state index in [2.05, 4.69) is 10.3 Å². The number of aryl methyl sites for hydroxylation is 1. The number of carbonyl (C=O) groups excluding carboxylic acids is 1. The van der Waals surface area contributed by atoms with Gasteiger partial charge in [-0.1, -0.05) is 41.2 Å². The number of thiazole rings is 1. The number of nitrogens with one attached hydrogen (secondary N) is 1. The van der Waals surface area contributed by atoms with Gasteiger partial charge in [0, 0.05) is 24.6 Å². The summed E-state index contributed by atoms with van der Waals surface area (Å²) < 4.78 is 33.0. The Balaban J connectivity index is 1.23. The van der Waals surface area contributed by atoms with Crippen LogP contribution in [0.15, 0.2) is 53.4 Å². The molecule has 2 aliphatic rings. The zero-order valence-corrected chi connectivity index (χ0v) is 19.2. The molecule has 0 bridgehead atoms. The molecule has 1 saturated heterocycles. The van der Waals surface area contributed by atoms with E-state index in [0.29, 0.717) is 42.6 Å². The maximum absolute atomic E-state index is 12.9. The Hall–Kier alpha value is -2.75. The molecule has 1 N–H and O–H groups in total. The number of para-hydroxylation sites is 1. The molecular weight excluding hydrogens is 446 g/mol. The lowest BCUT2D eigenvalue weighted by atomic mass is 9.97. The first-order chi connectivity index (χ1) is 15.4. The molecule has 3 heterocycles. The summed E-state index contributed by atoms with van der Waals surface area (Å²) in [5.74, 6) is 0.437. The molecule has 0 saturated carbocycles. The summed E-state index contributed by atoms with van der Waals surface area (Å²) in [6.07, 6.45) is 0.960. The van der Waals surface area contributed by atoms with Crippen molar-refractivity contribution in [3.8, 4) is 17.0 Å². The summed E-state index contributed by atoms with van der Waals surface area (Å²) >= 11 is 1.42. The van der Waals surface area contributed by atoms with Gasteiger partial charge in [0.1, 0.15) is 12.4 Å². The maximum atomic E-state index is 12.9. The molecule has 1 amide bonds. The van der Waals surface area contributed by atoms with Gasteiger partial charge in [0.15, 0.2) is 5.13 Å². The lowest BCUT2D eigenvalue weighted by Gasteiger charge is -2.30. The standard InChI is InChI=1S/C23H23N3O4S2/c1-15-6-8-17(9-7-15)32(28,29)26-12-10-16(11-13-26)22(27)25-23-24-21-18-4-2-3-5-19(18)30-14-20(21)31-23/h2-9,16H,10-14H2,1H3,(H,24,25,27). The van der Waals surface area contributed by atoms with Crippen LogP contribution < -0.4 is 10.1 Å². The largest absolute Gasteiger partial charge is 0.487 e. The molecule has 1 aromatic heterocycles. The molecule has 7 nitrogen and oxygen atoms in total. The molecule has 0 spiro atoms. The van der Waals surface area contributed by atoms with E-state index < -0.39 is 10.0 Å². The van der Waals surface area contributed by atoms with E-state index in [0.717, 1.165) is 27.4 Å². The lowest BCUT2D eigenvalue weighted by molar-refractivity contribution is -0.120. The molecule has 0 unspecified atom stereocenters. The van der Waals surface area contributed by atoms with Gasteiger partial charge in [-0.25, -0.2) is 13.4 Å². The summed E-state index contributed by atoms with van der Waals surface area (Å²) in [5, 5.41) is 3.49. The van der Waals surface area contributed by atoms with Gasteiger partial charge in [-0.3, -0.25) is 4.79 Å². The van der Waals surface area contributed by atoms with Gasteiger partial charge < -0.3 is 10.1 Å². The van der Waals surface area contributed by atoms with Crippen molar-refractivity contribution in [1.82, 2.24) is 9.29 Å². The van der Waals surface area contributed by atoms with Crippen LogP contribution in [0.3, 0.4) is 0 Å². The summed E-state index contributed by atoms with van der Waals surface area (Å²) in [6, 6.07) is 14.6. The number of hydrogen-bond acceptors (Lipinski definition) is 6. The average molecular weight is 470 g/mol. The van der Waals surface area contributed by atoms with E-state index in [1.165, 1.54) is 15.6 Å². The number of piperidine rings is 1. The van der Waals surface area contributed by atoms with Crippen LogP contribution in [0.4, 0.5) is 5.13 Å². The van der Waals surface area contributed by atoms with E-state index in [1.54, 1.807) is 24.3 Å². The minimum absolute atomic E-state index is 0.113. The Kier molecular flexibility index (Phi) is 5.48. The number of nitrogens with zero attached hydrogens (tertiary/aromatic N) is 2. The molecule has 2 aromatic carbocycles. The van der Waals surface area contributed by atoms with Crippen LogP contribution in [-0.2, 0) is 21.4 Å². The Morgan fingerprint density at radius 1 is 1.12 bits per heavy atom. The highest BCUT2D eigenvalue weighted by molar-refractivity contribution is 7.89. The third kappa shape index (κ3) is 3.92. The van der Waals surface area contributed by atoms with Gasteiger partial charge in [-0.2, -0.15) is 4.31 Å². The van der Waals surface area contributed by atoms with Crippen LogP contribution >= 0.6 is 11.3 Å². The molecular formula is C23H23N3O4S2. The Labute approximate surface area is 191 Å². The van der Waals surface area contributed by atoms with Gasteiger partial charge in [-0.15, -0.1) is 0 Å². The van der Waals surface area contributed by atoms with Crippen molar-refractivity contribution in [1.29, 1.82) is 0 Å². The zero-order chi connectivity index (χ0) is 22.3. The van der Waals surface area contributed by atoms with Crippen molar-refractivity contribution in [3.05, 3.63) is 59.0 Å². The number of amides is 1. The molecule has 3 aromatic rings. The summed E-state index contributed by atoms with van der Waals surface area (Å²) in [6.45, 7) is 3.01. The van der Waals surface area contributed by atoms with Gasteiger partial charge in [0.2, 0.25) is 15.9 Å². The fourth-order valence-corrected chi connectivity index (χ4v) is 6.43. The summed E-state index contributed by atoms with van der Waals surface area (Å²) in [5.41, 5.74) is 2.80. The van der Waals surface area contributed by atoms with Crippen molar-refractivity contribution in [2.45, 2.75) is 31.3 Å². The highest BCUT2D eigenvalue weighted by Gasteiger charge is 2.32. The monoisotopic (exact) mass is 469 g/mol. The third-order valence-electron chi connectivity index (χ3n) is 5.91. The van der Waals surface area contributed by atoms with E-state index in [4.69, 9.17) is 4.74 Å². The molecule has 0 aliphatic carbocycles. The minimum atomic E-state index is -3.54. The Morgan fingerprint density at radius 3 is 2.59 bits per heavy atom. The molecule has 2 aliphatic heterocycles. The van der Waals surface area contributed by atoms with Gasteiger partial charge in [0.05, 0.1) is 15.5 Å². The molecule has 166 valence electrons. The average Bonchev–Trinajstić information content (AvgIpc) is 3.22. The highest BCUT2D eigenvalue weighted by atomic mass is 32.2. The fraction of sp³-hybridized carbons (Fsp3) is 0.304. The van der Waals surface area contributed by atoms with Crippen molar-refractivity contribution in [3.63, 3.8) is 0 Å². The van der Waals surface area contributed by atoms with Gasteiger partial charge >= 0.3 is 0 Å². The van der Waals surface area contributed by atoms with E-state index >= 15 is 0 Å². The third-order valence-corrected chi connectivity index (χ3v) is 8.77. The van der Waals surface area contributed by atoms with Crippen molar-refractivity contribution in [2.24, 2.45) is 5.92 Å². The first-order valence-electron chi connectivity index (χ1n) is 10.5. The number of sulfonamides is 1. The number of carbonyl (C=O) groups is 1. The smallest absolute Gasteiger partial charge is 0.243 e. The second kappa shape index (κ2) is 8.31. The number of aromatic nitrogens is 1. The topological polar surface area (TPSA) is 88.6 Å². The number of ether oxygens (including phenoxy) is 1. The van der Waals surface area contributed by atoms with Crippen molar-refractivity contribution in [2.75, 3.05) is 18.4 Å². The molecule has 32 heavy (non-hydrogen) atoms. The highest BCUT2D eigenvalue weighted by Crippen LogP contribution is 2.40. The Morgan fingerprint density at radius 2 is 1.84 bits per heavy atom. The number of anilines is 1. The zero-order valence-electron chi connectivity index (χ0n) is 17.6. The SMILES string of the molecule is Cc1ccc(S(=O)(=O)N2CCC(C(=O)Nc3nc4c(s3)COc3ccccc3-4)CC2)cc1. The first kappa shape index (κ1) is 21.1. The van der Waals surface area contributed by atoms with Crippen LogP contribution in [0.5, 0.6) is 5.75 Å². The summed E-state index contributed by atoms with van der Waals surface area (Å²) in [4.78, 5) is 18.8. The molecule has 9 heteroatoms. The van der Waals surface area contributed by atoms with Gasteiger partial charge in [0.25, 0.3) is 0 Å².